The first-order chi connectivity index (χ1) is 8.65. The van der Waals surface area contributed by atoms with E-state index in [0.29, 0.717) is 0 Å². The van der Waals surface area contributed by atoms with Crippen LogP contribution in [-0.4, -0.2) is 25.4 Å². The van der Waals surface area contributed by atoms with Gasteiger partial charge in [0.25, 0.3) is 0 Å². The molecule has 1 heterocycles. The maximum absolute atomic E-state index is 6.09. The molecule has 2 N–H and O–H groups in total. The zero-order valence-corrected chi connectivity index (χ0v) is 12.3. The van der Waals surface area contributed by atoms with Crippen molar-refractivity contribution in [3.8, 4) is 5.75 Å². The highest BCUT2D eigenvalue weighted by Crippen LogP contribution is 2.27. The molecule has 1 saturated heterocycles. The number of nitrogens with two attached hydrogens (primary N) is 1. The summed E-state index contributed by atoms with van der Waals surface area (Å²) in [5.74, 6) is 0.961. The number of hydrogen-bond donors (Lipinski definition) is 1. The second-order valence-corrected chi connectivity index (χ2v) is 5.78. The highest BCUT2D eigenvalue weighted by Gasteiger charge is 2.17. The molecule has 4 heteroatoms. The molecule has 0 bridgehead atoms. The minimum Gasteiger partial charge on any atom is -0.490 e. The Morgan fingerprint density at radius 3 is 2.83 bits per heavy atom. The summed E-state index contributed by atoms with van der Waals surface area (Å²) in [6.45, 7) is 3.60. The Morgan fingerprint density at radius 1 is 1.44 bits per heavy atom. The van der Waals surface area contributed by atoms with E-state index in [9.17, 15) is 0 Å². The van der Waals surface area contributed by atoms with E-state index in [-0.39, 0.29) is 12.1 Å². The molecule has 0 spiro atoms. The van der Waals surface area contributed by atoms with Gasteiger partial charge in [0.05, 0.1) is 13.2 Å². The van der Waals surface area contributed by atoms with Crippen LogP contribution < -0.4 is 10.5 Å². The van der Waals surface area contributed by atoms with Gasteiger partial charge < -0.3 is 15.2 Å². The van der Waals surface area contributed by atoms with Gasteiger partial charge in [-0.25, -0.2) is 0 Å². The van der Waals surface area contributed by atoms with Gasteiger partial charge in [-0.2, -0.15) is 0 Å². The standard InChI is InChI=1S/C14H20BrNO2/c1-10(16)8-11-9-12(15)2-3-14(11)18-13-4-6-17-7-5-13/h2-3,9-10,13H,4-8,16H2,1H3. The molecule has 1 aromatic carbocycles. The van der Waals surface area contributed by atoms with Crippen molar-refractivity contribution in [2.45, 2.75) is 38.3 Å². The van der Waals surface area contributed by atoms with Crippen LogP contribution in [-0.2, 0) is 11.2 Å². The molecule has 1 atom stereocenters. The summed E-state index contributed by atoms with van der Waals surface area (Å²) >= 11 is 3.50. The summed E-state index contributed by atoms with van der Waals surface area (Å²) in [7, 11) is 0. The minimum absolute atomic E-state index is 0.135. The normalized spacial score (nSPS) is 18.6. The topological polar surface area (TPSA) is 44.5 Å². The molecule has 0 radical (unpaired) electrons. The molecule has 18 heavy (non-hydrogen) atoms. The van der Waals surface area contributed by atoms with Crippen LogP contribution in [0.1, 0.15) is 25.3 Å². The first-order valence-corrected chi connectivity index (χ1v) is 7.23. The zero-order valence-electron chi connectivity index (χ0n) is 10.7. The third kappa shape index (κ3) is 3.97. The van der Waals surface area contributed by atoms with Crippen molar-refractivity contribution in [1.29, 1.82) is 0 Å². The summed E-state index contributed by atoms with van der Waals surface area (Å²) in [5.41, 5.74) is 7.06. The van der Waals surface area contributed by atoms with Crippen molar-refractivity contribution in [3.05, 3.63) is 28.2 Å². The maximum Gasteiger partial charge on any atom is 0.123 e. The molecule has 1 aliphatic rings. The fourth-order valence-corrected chi connectivity index (χ4v) is 2.55. The molecule has 0 saturated carbocycles. The fraction of sp³-hybridized carbons (Fsp3) is 0.571. The molecule has 1 aromatic rings. The van der Waals surface area contributed by atoms with Crippen LogP contribution in [0.25, 0.3) is 0 Å². The second-order valence-electron chi connectivity index (χ2n) is 4.86. The molecule has 1 fully saturated rings. The van der Waals surface area contributed by atoms with E-state index in [2.05, 4.69) is 22.0 Å². The molecule has 0 aromatic heterocycles. The molecule has 2 rings (SSSR count). The highest BCUT2D eigenvalue weighted by atomic mass is 79.9. The van der Waals surface area contributed by atoms with Gasteiger partial charge in [-0.1, -0.05) is 15.9 Å². The number of halogens is 1. The molecule has 3 nitrogen and oxygen atoms in total. The smallest absolute Gasteiger partial charge is 0.123 e. The van der Waals surface area contributed by atoms with E-state index in [1.807, 2.05) is 19.1 Å². The van der Waals surface area contributed by atoms with Crippen molar-refractivity contribution in [2.75, 3.05) is 13.2 Å². The molecular formula is C14H20BrNO2. The van der Waals surface area contributed by atoms with E-state index in [0.717, 1.165) is 42.7 Å². The molecular weight excluding hydrogens is 294 g/mol. The first kappa shape index (κ1) is 13.8. The summed E-state index contributed by atoms with van der Waals surface area (Å²) in [4.78, 5) is 0. The van der Waals surface area contributed by atoms with Crippen LogP contribution in [0.5, 0.6) is 5.75 Å². The summed E-state index contributed by atoms with van der Waals surface area (Å²) in [6.07, 6.45) is 3.03. The van der Waals surface area contributed by atoms with Crippen LogP contribution in [0.2, 0.25) is 0 Å². The number of benzene rings is 1. The van der Waals surface area contributed by atoms with Crippen LogP contribution >= 0.6 is 15.9 Å². The van der Waals surface area contributed by atoms with E-state index < -0.39 is 0 Å². The van der Waals surface area contributed by atoms with Gasteiger partial charge in [-0.3, -0.25) is 0 Å². The third-order valence-electron chi connectivity index (χ3n) is 3.03. The van der Waals surface area contributed by atoms with Gasteiger partial charge in [0.15, 0.2) is 0 Å². The van der Waals surface area contributed by atoms with Crippen molar-refractivity contribution >= 4 is 15.9 Å². The third-order valence-corrected chi connectivity index (χ3v) is 3.52. The van der Waals surface area contributed by atoms with Gasteiger partial charge in [-0.05, 0) is 37.1 Å². The van der Waals surface area contributed by atoms with Gasteiger partial charge in [-0.15, -0.1) is 0 Å². The number of hydrogen-bond acceptors (Lipinski definition) is 3. The van der Waals surface area contributed by atoms with Crippen molar-refractivity contribution in [1.82, 2.24) is 0 Å². The minimum atomic E-state index is 0.135. The lowest BCUT2D eigenvalue weighted by Crippen LogP contribution is -2.26. The molecule has 1 unspecified atom stereocenters. The predicted molar refractivity (Wildman–Crippen MR) is 76.0 cm³/mol. The van der Waals surface area contributed by atoms with Crippen LogP contribution in [0.15, 0.2) is 22.7 Å². The lowest BCUT2D eigenvalue weighted by Gasteiger charge is -2.25. The Balaban J connectivity index is 2.09. The summed E-state index contributed by atoms with van der Waals surface area (Å²) < 4.78 is 12.5. The summed E-state index contributed by atoms with van der Waals surface area (Å²) in [6, 6.07) is 6.27. The average Bonchev–Trinajstić information content (AvgIpc) is 2.33. The molecule has 0 aliphatic carbocycles. The Bertz CT molecular complexity index is 389. The largest absolute Gasteiger partial charge is 0.490 e. The van der Waals surface area contributed by atoms with Gasteiger partial charge in [0.1, 0.15) is 11.9 Å². The zero-order chi connectivity index (χ0) is 13.0. The van der Waals surface area contributed by atoms with Crippen LogP contribution in [0.3, 0.4) is 0 Å². The molecule has 1 aliphatic heterocycles. The van der Waals surface area contributed by atoms with Gasteiger partial charge in [0, 0.05) is 23.4 Å². The van der Waals surface area contributed by atoms with E-state index in [4.69, 9.17) is 15.2 Å². The maximum atomic E-state index is 6.09. The lowest BCUT2D eigenvalue weighted by molar-refractivity contribution is 0.0251. The number of rotatable bonds is 4. The van der Waals surface area contributed by atoms with Crippen molar-refractivity contribution < 1.29 is 9.47 Å². The lowest BCUT2D eigenvalue weighted by atomic mass is 10.1. The van der Waals surface area contributed by atoms with Crippen molar-refractivity contribution in [2.24, 2.45) is 5.73 Å². The average molecular weight is 314 g/mol. The molecule has 100 valence electrons. The Labute approximate surface area is 117 Å². The molecule has 0 amide bonds. The van der Waals surface area contributed by atoms with Crippen molar-refractivity contribution in [3.63, 3.8) is 0 Å². The van der Waals surface area contributed by atoms with Crippen LogP contribution in [0.4, 0.5) is 0 Å². The van der Waals surface area contributed by atoms with Gasteiger partial charge in [0.2, 0.25) is 0 Å². The fourth-order valence-electron chi connectivity index (χ4n) is 2.14. The summed E-state index contributed by atoms with van der Waals surface area (Å²) in [5, 5.41) is 0. The monoisotopic (exact) mass is 313 g/mol. The highest BCUT2D eigenvalue weighted by molar-refractivity contribution is 9.10. The predicted octanol–water partition coefficient (Wildman–Crippen LogP) is 2.90. The van der Waals surface area contributed by atoms with Gasteiger partial charge >= 0.3 is 0 Å². The van der Waals surface area contributed by atoms with E-state index in [1.54, 1.807) is 0 Å². The SMILES string of the molecule is CC(N)Cc1cc(Br)ccc1OC1CCOCC1. The Hall–Kier alpha value is -0.580. The van der Waals surface area contributed by atoms with E-state index >= 15 is 0 Å². The first-order valence-electron chi connectivity index (χ1n) is 6.43. The van der Waals surface area contributed by atoms with E-state index in [1.165, 1.54) is 5.56 Å². The Kier molecular flexibility index (Phi) is 5.03. The van der Waals surface area contributed by atoms with Crippen LogP contribution in [0, 0.1) is 0 Å². The number of ether oxygens (including phenoxy) is 2. The Morgan fingerprint density at radius 2 is 2.17 bits per heavy atom. The quantitative estimate of drug-likeness (QED) is 0.929. The second kappa shape index (κ2) is 6.55.